The molecule has 2 aromatic carbocycles. The monoisotopic (exact) mass is 422 g/mol. The van der Waals surface area contributed by atoms with Crippen LogP contribution in [0.5, 0.6) is 11.5 Å². The third-order valence-corrected chi connectivity index (χ3v) is 4.51. The van der Waals surface area contributed by atoms with Gasteiger partial charge in [0.15, 0.2) is 18.1 Å². The molecule has 156 valence electrons. The summed E-state index contributed by atoms with van der Waals surface area (Å²) in [7, 11) is -3.86. The van der Waals surface area contributed by atoms with Crippen LogP contribution in [0.1, 0.15) is 24.2 Å². The number of sulfonamides is 1. The van der Waals surface area contributed by atoms with Crippen LogP contribution in [0.2, 0.25) is 0 Å². The zero-order valence-corrected chi connectivity index (χ0v) is 16.8. The van der Waals surface area contributed by atoms with Gasteiger partial charge >= 0.3 is 5.97 Å². The van der Waals surface area contributed by atoms with Gasteiger partial charge in [0.2, 0.25) is 10.0 Å². The molecule has 0 saturated heterocycles. The molecular weight excluding hydrogens is 400 g/mol. The first-order valence-electron chi connectivity index (χ1n) is 8.74. The Morgan fingerprint density at radius 1 is 0.966 bits per heavy atom. The van der Waals surface area contributed by atoms with Gasteiger partial charge in [-0.2, -0.15) is 0 Å². The van der Waals surface area contributed by atoms with Gasteiger partial charge in [-0.15, -0.1) is 0 Å². The predicted molar refractivity (Wildman–Crippen MR) is 106 cm³/mol. The van der Waals surface area contributed by atoms with Crippen molar-refractivity contribution in [3.05, 3.63) is 48.0 Å². The Hall–Kier alpha value is -3.11. The number of carbonyl (C=O) groups is 2. The fourth-order valence-electron chi connectivity index (χ4n) is 2.32. The van der Waals surface area contributed by atoms with Crippen molar-refractivity contribution in [1.29, 1.82) is 0 Å². The van der Waals surface area contributed by atoms with Crippen molar-refractivity contribution in [2.24, 2.45) is 5.14 Å². The first-order valence-corrected chi connectivity index (χ1v) is 10.3. The lowest BCUT2D eigenvalue weighted by Gasteiger charge is -2.13. The lowest BCUT2D eigenvalue weighted by atomic mass is 10.2. The van der Waals surface area contributed by atoms with Crippen LogP contribution in [-0.2, 0) is 19.6 Å². The van der Waals surface area contributed by atoms with E-state index in [4.69, 9.17) is 19.3 Å². The van der Waals surface area contributed by atoms with Gasteiger partial charge in [-0.1, -0.05) is 0 Å². The van der Waals surface area contributed by atoms with Crippen LogP contribution in [0, 0.1) is 0 Å². The standard InChI is InChI=1S/C19H22N2O7S/c1-3-26-16-10-7-14(11-17(16)27-4-2)21-18(22)12-28-19(23)13-5-8-15(9-6-13)29(20,24)25/h5-11H,3-4,12H2,1-2H3,(H,21,22)(H2,20,24,25). The highest BCUT2D eigenvalue weighted by atomic mass is 32.2. The third kappa shape index (κ3) is 6.47. The minimum absolute atomic E-state index is 0.0879. The molecule has 10 heteroatoms. The van der Waals surface area contributed by atoms with E-state index in [2.05, 4.69) is 5.32 Å². The lowest BCUT2D eigenvalue weighted by Crippen LogP contribution is -2.21. The number of primary sulfonamides is 1. The second kappa shape index (κ2) is 9.89. The normalized spacial score (nSPS) is 10.9. The zero-order chi connectivity index (χ0) is 21.4. The number of esters is 1. The van der Waals surface area contributed by atoms with Crippen molar-refractivity contribution >= 4 is 27.6 Å². The van der Waals surface area contributed by atoms with Crippen LogP contribution >= 0.6 is 0 Å². The van der Waals surface area contributed by atoms with Gasteiger partial charge < -0.3 is 19.5 Å². The minimum atomic E-state index is -3.86. The van der Waals surface area contributed by atoms with E-state index in [-0.39, 0.29) is 10.5 Å². The van der Waals surface area contributed by atoms with Gasteiger partial charge in [-0.05, 0) is 50.2 Å². The number of nitrogens with two attached hydrogens (primary N) is 1. The first kappa shape index (κ1) is 22.2. The van der Waals surface area contributed by atoms with Crippen LogP contribution < -0.4 is 19.9 Å². The van der Waals surface area contributed by atoms with E-state index >= 15 is 0 Å². The van der Waals surface area contributed by atoms with Crippen molar-refractivity contribution < 1.29 is 32.2 Å². The molecule has 0 fully saturated rings. The van der Waals surface area contributed by atoms with Crippen molar-refractivity contribution in [2.45, 2.75) is 18.7 Å². The molecule has 0 aliphatic heterocycles. The van der Waals surface area contributed by atoms with Crippen LogP contribution in [0.25, 0.3) is 0 Å². The summed E-state index contributed by atoms with van der Waals surface area (Å²) in [5.74, 6) is -0.283. The summed E-state index contributed by atoms with van der Waals surface area (Å²) in [5.41, 5.74) is 0.542. The quantitative estimate of drug-likeness (QED) is 0.590. The Labute approximate surface area is 168 Å². The summed E-state index contributed by atoms with van der Waals surface area (Å²) in [6, 6.07) is 9.78. The van der Waals surface area contributed by atoms with Crippen molar-refractivity contribution in [3.8, 4) is 11.5 Å². The zero-order valence-electron chi connectivity index (χ0n) is 16.0. The van der Waals surface area contributed by atoms with Crippen molar-refractivity contribution in [3.63, 3.8) is 0 Å². The van der Waals surface area contributed by atoms with E-state index < -0.39 is 28.5 Å². The van der Waals surface area contributed by atoms with Crippen LogP contribution in [0.3, 0.4) is 0 Å². The lowest BCUT2D eigenvalue weighted by molar-refractivity contribution is -0.119. The molecular formula is C19H22N2O7S. The minimum Gasteiger partial charge on any atom is -0.490 e. The molecule has 0 bridgehead atoms. The Morgan fingerprint density at radius 2 is 1.59 bits per heavy atom. The van der Waals surface area contributed by atoms with Crippen LogP contribution in [-0.4, -0.2) is 40.1 Å². The highest BCUT2D eigenvalue weighted by Crippen LogP contribution is 2.30. The summed E-state index contributed by atoms with van der Waals surface area (Å²) < 4.78 is 38.3. The van der Waals surface area contributed by atoms with Crippen molar-refractivity contribution in [2.75, 3.05) is 25.1 Å². The Morgan fingerprint density at radius 3 is 2.17 bits per heavy atom. The predicted octanol–water partition coefficient (Wildman–Crippen LogP) is 1.93. The topological polar surface area (TPSA) is 134 Å². The molecule has 1 amide bonds. The summed E-state index contributed by atoms with van der Waals surface area (Å²) >= 11 is 0. The Kier molecular flexibility index (Phi) is 7.57. The number of carbonyl (C=O) groups excluding carboxylic acids is 2. The number of hydrogen-bond donors (Lipinski definition) is 2. The number of amides is 1. The fraction of sp³-hybridized carbons (Fsp3) is 0.263. The SMILES string of the molecule is CCOc1ccc(NC(=O)COC(=O)c2ccc(S(N)(=O)=O)cc2)cc1OCC. The maximum Gasteiger partial charge on any atom is 0.338 e. The van der Waals surface area contributed by atoms with Gasteiger partial charge in [0.1, 0.15) is 0 Å². The maximum absolute atomic E-state index is 12.1. The molecule has 0 spiro atoms. The average molecular weight is 422 g/mol. The molecule has 2 aromatic rings. The summed E-state index contributed by atoms with van der Waals surface area (Å²) in [6.07, 6.45) is 0. The molecule has 0 aliphatic carbocycles. The maximum atomic E-state index is 12.1. The molecule has 29 heavy (non-hydrogen) atoms. The molecule has 0 radical (unpaired) electrons. The smallest absolute Gasteiger partial charge is 0.338 e. The van der Waals surface area contributed by atoms with E-state index in [0.29, 0.717) is 30.4 Å². The number of benzene rings is 2. The molecule has 0 atom stereocenters. The van der Waals surface area contributed by atoms with Gasteiger partial charge in [-0.3, -0.25) is 4.79 Å². The number of hydrogen-bond acceptors (Lipinski definition) is 7. The van der Waals surface area contributed by atoms with Gasteiger partial charge in [-0.25, -0.2) is 18.4 Å². The number of anilines is 1. The average Bonchev–Trinajstić information content (AvgIpc) is 2.68. The molecule has 0 unspecified atom stereocenters. The number of rotatable bonds is 9. The molecule has 0 aliphatic rings. The second-order valence-corrected chi connectivity index (χ2v) is 7.28. The summed E-state index contributed by atoms with van der Waals surface area (Å²) in [4.78, 5) is 23.9. The van der Waals surface area contributed by atoms with E-state index in [1.54, 1.807) is 18.2 Å². The van der Waals surface area contributed by atoms with E-state index in [1.807, 2.05) is 13.8 Å². The number of ether oxygens (including phenoxy) is 3. The van der Waals surface area contributed by atoms with Gasteiger partial charge in [0.25, 0.3) is 5.91 Å². The Bertz CT molecular complexity index is 973. The highest BCUT2D eigenvalue weighted by molar-refractivity contribution is 7.89. The Balaban J connectivity index is 1.95. The molecule has 0 aromatic heterocycles. The molecule has 3 N–H and O–H groups in total. The van der Waals surface area contributed by atoms with E-state index in [0.717, 1.165) is 0 Å². The van der Waals surface area contributed by atoms with Gasteiger partial charge in [0.05, 0.1) is 23.7 Å². The van der Waals surface area contributed by atoms with Crippen LogP contribution in [0.4, 0.5) is 5.69 Å². The van der Waals surface area contributed by atoms with Gasteiger partial charge in [0, 0.05) is 11.8 Å². The van der Waals surface area contributed by atoms with Crippen molar-refractivity contribution in [1.82, 2.24) is 0 Å². The third-order valence-electron chi connectivity index (χ3n) is 3.58. The van der Waals surface area contributed by atoms with E-state index in [1.165, 1.54) is 24.3 Å². The molecule has 0 saturated carbocycles. The summed E-state index contributed by atoms with van der Waals surface area (Å²) in [5, 5.41) is 7.59. The number of nitrogens with one attached hydrogen (secondary N) is 1. The molecule has 9 nitrogen and oxygen atoms in total. The largest absolute Gasteiger partial charge is 0.490 e. The first-order chi connectivity index (χ1) is 13.7. The second-order valence-electron chi connectivity index (χ2n) is 5.72. The molecule has 2 rings (SSSR count). The highest BCUT2D eigenvalue weighted by Gasteiger charge is 2.14. The summed E-state index contributed by atoms with van der Waals surface area (Å²) in [6.45, 7) is 4.06. The molecule has 0 heterocycles. The van der Waals surface area contributed by atoms with Crippen LogP contribution in [0.15, 0.2) is 47.4 Å². The van der Waals surface area contributed by atoms with E-state index in [9.17, 15) is 18.0 Å². The fourth-order valence-corrected chi connectivity index (χ4v) is 2.84.